The molecule has 2 unspecified atom stereocenters. The van der Waals surface area contributed by atoms with Gasteiger partial charge in [0, 0.05) is 12.1 Å². The van der Waals surface area contributed by atoms with Crippen molar-refractivity contribution in [3.8, 4) is 0 Å². The Morgan fingerprint density at radius 1 is 1.31 bits per heavy atom. The number of hydrogen-bond donors (Lipinski definition) is 1. The van der Waals surface area contributed by atoms with E-state index in [1.807, 2.05) is 0 Å². The lowest BCUT2D eigenvalue weighted by atomic mass is 9.80. The third-order valence-electron chi connectivity index (χ3n) is 3.40. The molecular weight excluding hydrogens is 158 g/mol. The van der Waals surface area contributed by atoms with Crippen LogP contribution in [0.2, 0.25) is 0 Å². The minimum atomic E-state index is 0.718. The molecule has 1 rings (SSSR count). The molecule has 1 N–H and O–H groups in total. The Balaban J connectivity index is 2.07. The van der Waals surface area contributed by atoms with Crippen molar-refractivity contribution < 1.29 is 0 Å². The zero-order valence-corrected chi connectivity index (χ0v) is 9.47. The van der Waals surface area contributed by atoms with Crippen LogP contribution in [0.3, 0.4) is 0 Å². The van der Waals surface area contributed by atoms with Gasteiger partial charge in [-0.05, 0) is 39.0 Å². The summed E-state index contributed by atoms with van der Waals surface area (Å²) in [6.45, 7) is 6.94. The van der Waals surface area contributed by atoms with Crippen LogP contribution < -0.4 is 5.32 Å². The molecule has 0 heterocycles. The average Bonchev–Trinajstić information content (AvgIpc) is 1.97. The predicted octanol–water partition coefficient (Wildman–Crippen LogP) is 3.34. The molecule has 1 heteroatoms. The Morgan fingerprint density at radius 3 is 2.46 bits per heavy atom. The fourth-order valence-electron chi connectivity index (χ4n) is 2.12. The van der Waals surface area contributed by atoms with Crippen molar-refractivity contribution in [2.45, 2.75) is 71.4 Å². The van der Waals surface area contributed by atoms with Gasteiger partial charge >= 0.3 is 0 Å². The Hall–Kier alpha value is -0.0400. The second-order valence-corrected chi connectivity index (χ2v) is 4.69. The zero-order valence-electron chi connectivity index (χ0n) is 9.47. The van der Waals surface area contributed by atoms with Crippen LogP contribution in [0, 0.1) is 5.92 Å². The van der Waals surface area contributed by atoms with E-state index in [2.05, 4.69) is 26.1 Å². The van der Waals surface area contributed by atoms with E-state index in [0.717, 1.165) is 18.0 Å². The first-order valence-electron chi connectivity index (χ1n) is 6.00. The monoisotopic (exact) mass is 183 g/mol. The molecule has 0 bridgehead atoms. The van der Waals surface area contributed by atoms with Crippen molar-refractivity contribution in [1.29, 1.82) is 0 Å². The fraction of sp³-hybridized carbons (Fsp3) is 1.00. The first kappa shape index (κ1) is 11.0. The third-order valence-corrected chi connectivity index (χ3v) is 3.40. The summed E-state index contributed by atoms with van der Waals surface area (Å²) in [5.41, 5.74) is 0. The minimum absolute atomic E-state index is 0.718. The lowest BCUT2D eigenvalue weighted by Gasteiger charge is -2.34. The van der Waals surface area contributed by atoms with E-state index in [9.17, 15) is 0 Å². The molecule has 1 aliphatic rings. The standard InChI is InChI=1S/C12H25N/c1-4-5-7-10(2)13-11(3)12-8-6-9-12/h10-13H,4-9H2,1-3H3. The van der Waals surface area contributed by atoms with Gasteiger partial charge in [0.2, 0.25) is 0 Å². The summed E-state index contributed by atoms with van der Waals surface area (Å²) in [4.78, 5) is 0. The SMILES string of the molecule is CCCCC(C)NC(C)C1CCC1. The Kier molecular flexibility index (Phi) is 4.79. The summed E-state index contributed by atoms with van der Waals surface area (Å²) in [6, 6.07) is 1.47. The Bertz CT molecular complexity index is 129. The molecule has 0 aliphatic heterocycles. The minimum Gasteiger partial charge on any atom is -0.312 e. The van der Waals surface area contributed by atoms with E-state index in [0.29, 0.717) is 0 Å². The quantitative estimate of drug-likeness (QED) is 0.666. The molecule has 0 radical (unpaired) electrons. The highest BCUT2D eigenvalue weighted by Crippen LogP contribution is 2.29. The highest BCUT2D eigenvalue weighted by atomic mass is 14.9. The van der Waals surface area contributed by atoms with Crippen LogP contribution in [-0.2, 0) is 0 Å². The Morgan fingerprint density at radius 2 is 2.00 bits per heavy atom. The molecule has 2 atom stereocenters. The number of nitrogens with one attached hydrogen (secondary N) is 1. The highest BCUT2D eigenvalue weighted by molar-refractivity contribution is 4.81. The molecular formula is C12H25N. The molecule has 0 saturated heterocycles. The average molecular weight is 183 g/mol. The smallest absolute Gasteiger partial charge is 0.00694 e. The summed E-state index contributed by atoms with van der Waals surface area (Å²) in [5.74, 6) is 0.976. The number of rotatable bonds is 6. The molecule has 0 aromatic heterocycles. The van der Waals surface area contributed by atoms with Crippen molar-refractivity contribution in [3.63, 3.8) is 0 Å². The van der Waals surface area contributed by atoms with Gasteiger partial charge in [-0.15, -0.1) is 0 Å². The van der Waals surface area contributed by atoms with Gasteiger partial charge in [-0.3, -0.25) is 0 Å². The summed E-state index contributed by atoms with van der Waals surface area (Å²) in [7, 11) is 0. The maximum absolute atomic E-state index is 3.72. The molecule has 0 spiro atoms. The van der Waals surface area contributed by atoms with E-state index in [1.54, 1.807) is 0 Å². The molecule has 0 amide bonds. The van der Waals surface area contributed by atoms with Crippen molar-refractivity contribution in [2.75, 3.05) is 0 Å². The van der Waals surface area contributed by atoms with Crippen molar-refractivity contribution in [2.24, 2.45) is 5.92 Å². The Labute approximate surface area is 83.3 Å². The summed E-state index contributed by atoms with van der Waals surface area (Å²) < 4.78 is 0. The largest absolute Gasteiger partial charge is 0.312 e. The molecule has 1 nitrogen and oxygen atoms in total. The summed E-state index contributed by atoms with van der Waals surface area (Å²) >= 11 is 0. The van der Waals surface area contributed by atoms with Crippen LogP contribution in [-0.4, -0.2) is 12.1 Å². The summed E-state index contributed by atoms with van der Waals surface area (Å²) in [6.07, 6.45) is 8.40. The first-order chi connectivity index (χ1) is 6.24. The molecule has 1 aliphatic carbocycles. The third kappa shape index (κ3) is 3.68. The van der Waals surface area contributed by atoms with Gasteiger partial charge < -0.3 is 5.32 Å². The number of hydrogen-bond acceptors (Lipinski definition) is 1. The van der Waals surface area contributed by atoms with E-state index in [-0.39, 0.29) is 0 Å². The predicted molar refractivity (Wildman–Crippen MR) is 58.9 cm³/mol. The van der Waals surface area contributed by atoms with Gasteiger partial charge in [0.1, 0.15) is 0 Å². The van der Waals surface area contributed by atoms with Gasteiger partial charge in [0.15, 0.2) is 0 Å². The highest BCUT2D eigenvalue weighted by Gasteiger charge is 2.24. The molecule has 13 heavy (non-hydrogen) atoms. The van der Waals surface area contributed by atoms with Crippen LogP contribution in [0.25, 0.3) is 0 Å². The van der Waals surface area contributed by atoms with Crippen LogP contribution >= 0.6 is 0 Å². The van der Waals surface area contributed by atoms with E-state index in [1.165, 1.54) is 38.5 Å². The maximum atomic E-state index is 3.72. The van der Waals surface area contributed by atoms with Gasteiger partial charge in [-0.1, -0.05) is 26.2 Å². The first-order valence-corrected chi connectivity index (χ1v) is 6.00. The molecule has 0 aromatic carbocycles. The zero-order chi connectivity index (χ0) is 9.68. The van der Waals surface area contributed by atoms with Crippen molar-refractivity contribution >= 4 is 0 Å². The van der Waals surface area contributed by atoms with Crippen molar-refractivity contribution in [3.05, 3.63) is 0 Å². The topological polar surface area (TPSA) is 12.0 Å². The summed E-state index contributed by atoms with van der Waals surface area (Å²) in [5, 5.41) is 3.72. The van der Waals surface area contributed by atoms with Gasteiger partial charge in [0.05, 0.1) is 0 Å². The lowest BCUT2D eigenvalue weighted by Crippen LogP contribution is -2.41. The van der Waals surface area contributed by atoms with Crippen LogP contribution in [0.5, 0.6) is 0 Å². The van der Waals surface area contributed by atoms with Crippen molar-refractivity contribution in [1.82, 2.24) is 5.32 Å². The second-order valence-electron chi connectivity index (χ2n) is 4.69. The van der Waals surface area contributed by atoms with Gasteiger partial charge in [-0.25, -0.2) is 0 Å². The number of unbranched alkanes of at least 4 members (excludes halogenated alkanes) is 1. The van der Waals surface area contributed by atoms with E-state index >= 15 is 0 Å². The van der Waals surface area contributed by atoms with Crippen LogP contribution in [0.1, 0.15) is 59.3 Å². The van der Waals surface area contributed by atoms with E-state index < -0.39 is 0 Å². The van der Waals surface area contributed by atoms with Crippen LogP contribution in [0.4, 0.5) is 0 Å². The lowest BCUT2D eigenvalue weighted by molar-refractivity contribution is 0.226. The van der Waals surface area contributed by atoms with Gasteiger partial charge in [-0.2, -0.15) is 0 Å². The molecule has 78 valence electrons. The van der Waals surface area contributed by atoms with E-state index in [4.69, 9.17) is 0 Å². The molecule has 1 saturated carbocycles. The maximum Gasteiger partial charge on any atom is 0.00694 e. The molecule has 1 fully saturated rings. The molecule has 0 aromatic rings. The fourth-order valence-corrected chi connectivity index (χ4v) is 2.12. The van der Waals surface area contributed by atoms with Crippen LogP contribution in [0.15, 0.2) is 0 Å². The normalized spacial score (nSPS) is 22.4. The second kappa shape index (κ2) is 5.64. The van der Waals surface area contributed by atoms with Gasteiger partial charge in [0.25, 0.3) is 0 Å².